The van der Waals surface area contributed by atoms with Gasteiger partial charge in [0.1, 0.15) is 0 Å². The van der Waals surface area contributed by atoms with Crippen molar-refractivity contribution in [2.45, 2.75) is 6.42 Å². The second-order valence-electron chi connectivity index (χ2n) is 1.28. The molecule has 3 N–H and O–H groups in total. The molecule has 0 spiro atoms. The highest BCUT2D eigenvalue weighted by molar-refractivity contribution is 6.17. The predicted octanol–water partition coefficient (Wildman–Crippen LogP) is 0.121. The van der Waals surface area contributed by atoms with Gasteiger partial charge in [-0.3, -0.25) is 0 Å². The van der Waals surface area contributed by atoms with E-state index < -0.39 is 0 Å². The van der Waals surface area contributed by atoms with E-state index in [0.717, 1.165) is 19.5 Å². The predicted molar refractivity (Wildman–Crippen MR) is 32.4 cm³/mol. The number of nitrogens with two attached hydrogens (primary N) is 1. The van der Waals surface area contributed by atoms with Crippen LogP contribution >= 0.6 is 11.6 Å². The van der Waals surface area contributed by atoms with Crippen LogP contribution in [0.5, 0.6) is 0 Å². The first kappa shape index (κ1) is 7.21. The minimum atomic E-state index is 0.528. The normalized spacial score (nSPS) is 9.43. The second-order valence-corrected chi connectivity index (χ2v) is 1.54. The molecule has 0 aromatic rings. The third-order valence-electron chi connectivity index (χ3n) is 0.652. The lowest BCUT2D eigenvalue weighted by atomic mass is 10.4. The van der Waals surface area contributed by atoms with Crippen molar-refractivity contribution in [2.75, 3.05) is 19.1 Å². The first-order chi connectivity index (χ1) is 3.41. The van der Waals surface area contributed by atoms with E-state index in [4.69, 9.17) is 17.3 Å². The molecule has 3 heteroatoms. The third kappa shape index (κ3) is 6.21. The smallest absolute Gasteiger partial charge is 0.0713 e. The van der Waals surface area contributed by atoms with Crippen molar-refractivity contribution in [1.29, 1.82) is 0 Å². The molecule has 0 rings (SSSR count). The maximum Gasteiger partial charge on any atom is 0.0713 e. The van der Waals surface area contributed by atoms with Crippen molar-refractivity contribution in [3.05, 3.63) is 0 Å². The van der Waals surface area contributed by atoms with Crippen LogP contribution in [-0.2, 0) is 0 Å². The van der Waals surface area contributed by atoms with Crippen LogP contribution in [0.3, 0.4) is 0 Å². The van der Waals surface area contributed by atoms with Crippen molar-refractivity contribution in [3.8, 4) is 0 Å². The van der Waals surface area contributed by atoms with Gasteiger partial charge < -0.3 is 11.1 Å². The van der Waals surface area contributed by atoms with E-state index in [0.29, 0.717) is 6.00 Å². The molecule has 0 radical (unpaired) electrons. The largest absolute Gasteiger partial charge is 0.330 e. The van der Waals surface area contributed by atoms with Crippen molar-refractivity contribution in [3.63, 3.8) is 0 Å². The summed E-state index contributed by atoms with van der Waals surface area (Å²) >= 11 is 5.29. The fraction of sp³-hybridized carbons (Fsp3) is 1.00. The Balaban J connectivity index is 2.45. The molecule has 0 bridgehead atoms. The van der Waals surface area contributed by atoms with Crippen molar-refractivity contribution in [2.24, 2.45) is 5.73 Å². The van der Waals surface area contributed by atoms with Crippen molar-refractivity contribution < 1.29 is 0 Å². The number of hydrogen-bond acceptors (Lipinski definition) is 2. The molecule has 0 heterocycles. The molecule has 0 aliphatic heterocycles. The zero-order valence-electron chi connectivity index (χ0n) is 4.28. The molecule has 0 saturated heterocycles. The summed E-state index contributed by atoms with van der Waals surface area (Å²) in [5, 5.41) is 2.93. The zero-order valence-corrected chi connectivity index (χ0v) is 5.04. The van der Waals surface area contributed by atoms with Gasteiger partial charge in [0, 0.05) is 0 Å². The summed E-state index contributed by atoms with van der Waals surface area (Å²) in [6.07, 6.45) is 1.01. The van der Waals surface area contributed by atoms with Gasteiger partial charge in [-0.25, -0.2) is 0 Å². The van der Waals surface area contributed by atoms with Gasteiger partial charge in [0.25, 0.3) is 0 Å². The maximum absolute atomic E-state index is 5.29. The van der Waals surface area contributed by atoms with Gasteiger partial charge in [-0.1, -0.05) is 0 Å². The quantitative estimate of drug-likeness (QED) is 0.316. The molecule has 0 aromatic carbocycles. The lowest BCUT2D eigenvalue weighted by Gasteiger charge is -1.93. The first-order valence-corrected chi connectivity index (χ1v) is 2.92. The van der Waals surface area contributed by atoms with E-state index in [2.05, 4.69) is 5.32 Å². The SMILES string of the molecule is NCCCNCCl. The molecule has 2 nitrogen and oxygen atoms in total. The van der Waals surface area contributed by atoms with Gasteiger partial charge >= 0.3 is 0 Å². The summed E-state index contributed by atoms with van der Waals surface area (Å²) in [7, 11) is 0. The van der Waals surface area contributed by atoms with E-state index in [-0.39, 0.29) is 0 Å². The Hall–Kier alpha value is 0.210. The molecule has 7 heavy (non-hydrogen) atoms. The Bertz CT molecular complexity index is 28.9. The molecule has 0 aliphatic carbocycles. The average Bonchev–Trinajstić information content (AvgIpc) is 1.69. The molecular formula is C4H11ClN2. The maximum atomic E-state index is 5.29. The summed E-state index contributed by atoms with van der Waals surface area (Å²) in [5.41, 5.74) is 5.19. The van der Waals surface area contributed by atoms with Crippen LogP contribution in [0.15, 0.2) is 0 Å². The Labute approximate surface area is 49.0 Å². The van der Waals surface area contributed by atoms with E-state index in [9.17, 15) is 0 Å². The van der Waals surface area contributed by atoms with Gasteiger partial charge in [-0.2, -0.15) is 0 Å². The van der Waals surface area contributed by atoms with E-state index in [1.807, 2.05) is 0 Å². The minimum Gasteiger partial charge on any atom is -0.330 e. The van der Waals surface area contributed by atoms with Crippen LogP contribution in [0.1, 0.15) is 6.42 Å². The number of halogens is 1. The standard InChI is InChI=1S/C4H11ClN2/c5-4-7-3-1-2-6/h7H,1-4,6H2. The van der Waals surface area contributed by atoms with Crippen LogP contribution in [-0.4, -0.2) is 19.1 Å². The lowest BCUT2D eigenvalue weighted by Crippen LogP contribution is -2.15. The van der Waals surface area contributed by atoms with Crippen LogP contribution < -0.4 is 11.1 Å². The van der Waals surface area contributed by atoms with Gasteiger partial charge in [-0.15, -0.1) is 11.6 Å². The third-order valence-corrected chi connectivity index (χ3v) is 0.841. The molecular weight excluding hydrogens is 112 g/mol. The summed E-state index contributed by atoms with van der Waals surface area (Å²) in [6, 6.07) is 0.528. The van der Waals surface area contributed by atoms with Crippen LogP contribution in [0, 0.1) is 0 Å². The monoisotopic (exact) mass is 122 g/mol. The van der Waals surface area contributed by atoms with Gasteiger partial charge in [-0.05, 0) is 19.5 Å². The van der Waals surface area contributed by atoms with Crippen LogP contribution in [0.2, 0.25) is 0 Å². The van der Waals surface area contributed by atoms with E-state index in [1.54, 1.807) is 0 Å². The molecule has 0 unspecified atom stereocenters. The number of hydrogen-bond donors (Lipinski definition) is 2. The average molecular weight is 123 g/mol. The Morgan fingerprint density at radius 1 is 1.57 bits per heavy atom. The molecule has 0 fully saturated rings. The highest BCUT2D eigenvalue weighted by Crippen LogP contribution is 1.70. The van der Waals surface area contributed by atoms with Crippen LogP contribution in [0.25, 0.3) is 0 Å². The zero-order chi connectivity index (χ0) is 5.54. The van der Waals surface area contributed by atoms with Crippen molar-refractivity contribution in [1.82, 2.24) is 5.32 Å². The summed E-state index contributed by atoms with van der Waals surface area (Å²) in [6.45, 7) is 1.67. The number of rotatable bonds is 4. The fourth-order valence-corrected chi connectivity index (χ4v) is 0.428. The van der Waals surface area contributed by atoms with Crippen molar-refractivity contribution >= 4 is 11.6 Å². The molecule has 0 aromatic heterocycles. The second kappa shape index (κ2) is 6.21. The molecule has 0 atom stereocenters. The van der Waals surface area contributed by atoms with Crippen LogP contribution in [0.4, 0.5) is 0 Å². The first-order valence-electron chi connectivity index (χ1n) is 2.38. The lowest BCUT2D eigenvalue weighted by molar-refractivity contribution is 0.718. The fourth-order valence-electron chi connectivity index (χ4n) is 0.294. The van der Waals surface area contributed by atoms with Gasteiger partial charge in [0.05, 0.1) is 6.00 Å². The molecule has 0 aliphatic rings. The number of alkyl halides is 1. The van der Waals surface area contributed by atoms with E-state index in [1.165, 1.54) is 0 Å². The Kier molecular flexibility index (Phi) is 6.40. The topological polar surface area (TPSA) is 38.0 Å². The Morgan fingerprint density at radius 3 is 2.71 bits per heavy atom. The van der Waals surface area contributed by atoms with Gasteiger partial charge in [0.2, 0.25) is 0 Å². The highest BCUT2D eigenvalue weighted by Gasteiger charge is 1.78. The summed E-state index contributed by atoms with van der Waals surface area (Å²) < 4.78 is 0. The summed E-state index contributed by atoms with van der Waals surface area (Å²) in [4.78, 5) is 0. The van der Waals surface area contributed by atoms with Gasteiger partial charge in [0.15, 0.2) is 0 Å². The Morgan fingerprint density at radius 2 is 2.29 bits per heavy atom. The minimum absolute atomic E-state index is 0.528. The van der Waals surface area contributed by atoms with E-state index >= 15 is 0 Å². The molecule has 0 amide bonds. The number of nitrogens with one attached hydrogen (secondary N) is 1. The highest BCUT2D eigenvalue weighted by atomic mass is 35.5. The molecule has 44 valence electrons. The molecule has 0 saturated carbocycles. The summed E-state index contributed by atoms with van der Waals surface area (Å²) in [5.74, 6) is 0.